The summed E-state index contributed by atoms with van der Waals surface area (Å²) in [7, 11) is 0. The van der Waals surface area contributed by atoms with Crippen LogP contribution in [0.15, 0.2) is 65.4 Å². The Morgan fingerprint density at radius 3 is 2.43 bits per heavy atom. The van der Waals surface area contributed by atoms with Crippen molar-refractivity contribution < 1.29 is 0 Å². The van der Waals surface area contributed by atoms with Crippen molar-refractivity contribution in [3.63, 3.8) is 0 Å². The predicted molar refractivity (Wildman–Crippen MR) is 130 cm³/mol. The van der Waals surface area contributed by atoms with Crippen molar-refractivity contribution in [2.75, 3.05) is 31.5 Å². The monoisotopic (exact) mass is 503 g/mol. The molecule has 2 aromatic carbocycles. The molecule has 0 atom stereocenters. The average molecular weight is 505 g/mol. The maximum Gasteiger partial charge on any atom is 0.173 e. The van der Waals surface area contributed by atoms with Gasteiger partial charge in [-0.2, -0.15) is 5.10 Å². The van der Waals surface area contributed by atoms with Crippen molar-refractivity contribution in [1.82, 2.24) is 19.6 Å². The van der Waals surface area contributed by atoms with Crippen molar-refractivity contribution in [2.24, 2.45) is 0 Å². The molecule has 2 heterocycles. The van der Waals surface area contributed by atoms with Gasteiger partial charge in [0.2, 0.25) is 0 Å². The van der Waals surface area contributed by atoms with Gasteiger partial charge in [0.05, 0.1) is 18.4 Å². The number of rotatable bonds is 5. The molecule has 0 bridgehead atoms. The summed E-state index contributed by atoms with van der Waals surface area (Å²) in [5.74, 6) is 0. The molecule has 156 valence electrons. The van der Waals surface area contributed by atoms with Gasteiger partial charge in [0, 0.05) is 48.4 Å². The maximum atomic E-state index is 6.25. The fourth-order valence-electron chi connectivity index (χ4n) is 3.49. The Labute approximate surface area is 195 Å². The molecule has 0 radical (unpaired) electrons. The van der Waals surface area contributed by atoms with Crippen molar-refractivity contribution in [3.8, 4) is 0 Å². The lowest BCUT2D eigenvalue weighted by Crippen LogP contribution is -2.49. The first kappa shape index (κ1) is 21.3. The van der Waals surface area contributed by atoms with Crippen LogP contribution in [-0.4, -0.2) is 50.9 Å². The SMILES string of the molecule is S=C(Nc1cnn(Cc2ccccc2Cl)c1)N1CCN(Cc2ccccc2Br)CC1. The largest absolute Gasteiger partial charge is 0.346 e. The number of halogens is 2. The van der Waals surface area contributed by atoms with Crippen LogP contribution >= 0.6 is 39.7 Å². The zero-order valence-corrected chi connectivity index (χ0v) is 19.6. The van der Waals surface area contributed by atoms with Crippen LogP contribution in [0.5, 0.6) is 0 Å². The van der Waals surface area contributed by atoms with Crippen molar-refractivity contribution in [3.05, 3.63) is 81.5 Å². The Bertz CT molecular complexity index is 1020. The Kier molecular flexibility index (Phi) is 7.04. The first-order valence-corrected chi connectivity index (χ1v) is 11.4. The van der Waals surface area contributed by atoms with E-state index >= 15 is 0 Å². The second kappa shape index (κ2) is 9.92. The summed E-state index contributed by atoms with van der Waals surface area (Å²) >= 11 is 15.5. The van der Waals surface area contributed by atoms with Gasteiger partial charge in [0.15, 0.2) is 5.11 Å². The summed E-state index contributed by atoms with van der Waals surface area (Å²) in [6.45, 7) is 5.35. The highest BCUT2D eigenvalue weighted by molar-refractivity contribution is 9.10. The van der Waals surface area contributed by atoms with Gasteiger partial charge in [0.1, 0.15) is 0 Å². The van der Waals surface area contributed by atoms with Crippen molar-refractivity contribution in [2.45, 2.75) is 13.1 Å². The molecule has 0 amide bonds. The first-order chi connectivity index (χ1) is 14.6. The molecular formula is C22H23BrClN5S. The highest BCUT2D eigenvalue weighted by Crippen LogP contribution is 2.19. The van der Waals surface area contributed by atoms with Crippen LogP contribution in [0.3, 0.4) is 0 Å². The number of hydrogen-bond donors (Lipinski definition) is 1. The molecule has 1 aliphatic rings. The van der Waals surface area contributed by atoms with Crippen molar-refractivity contribution in [1.29, 1.82) is 0 Å². The number of anilines is 1. The minimum atomic E-state index is 0.627. The van der Waals surface area contributed by atoms with Gasteiger partial charge in [-0.25, -0.2) is 0 Å². The highest BCUT2D eigenvalue weighted by Gasteiger charge is 2.20. The molecule has 1 N–H and O–H groups in total. The lowest BCUT2D eigenvalue weighted by atomic mass is 10.2. The lowest BCUT2D eigenvalue weighted by Gasteiger charge is -2.36. The van der Waals surface area contributed by atoms with Crippen LogP contribution in [0.2, 0.25) is 5.02 Å². The highest BCUT2D eigenvalue weighted by atomic mass is 79.9. The fourth-order valence-corrected chi connectivity index (χ4v) is 4.40. The van der Waals surface area contributed by atoms with E-state index in [1.165, 1.54) is 10.0 Å². The molecule has 1 saturated heterocycles. The van der Waals surface area contributed by atoms with Crippen LogP contribution < -0.4 is 5.32 Å². The molecular weight excluding hydrogens is 482 g/mol. The van der Waals surface area contributed by atoms with E-state index in [1.807, 2.05) is 41.2 Å². The van der Waals surface area contributed by atoms with E-state index in [4.69, 9.17) is 23.8 Å². The molecule has 1 fully saturated rings. The molecule has 30 heavy (non-hydrogen) atoms. The minimum Gasteiger partial charge on any atom is -0.346 e. The number of aromatic nitrogens is 2. The number of thiocarbonyl (C=S) groups is 1. The third-order valence-electron chi connectivity index (χ3n) is 5.19. The Balaban J connectivity index is 1.28. The number of nitrogens with one attached hydrogen (secondary N) is 1. The van der Waals surface area contributed by atoms with Gasteiger partial charge in [-0.15, -0.1) is 0 Å². The summed E-state index contributed by atoms with van der Waals surface area (Å²) in [5, 5.41) is 9.24. The van der Waals surface area contributed by atoms with E-state index in [2.05, 4.69) is 54.3 Å². The molecule has 0 saturated carbocycles. The molecule has 3 aromatic rings. The van der Waals surface area contributed by atoms with E-state index in [1.54, 1.807) is 6.20 Å². The third-order valence-corrected chi connectivity index (χ3v) is 6.69. The average Bonchev–Trinajstić information content (AvgIpc) is 3.19. The third kappa shape index (κ3) is 5.40. The molecule has 1 aromatic heterocycles. The van der Waals surface area contributed by atoms with Crippen LogP contribution in [0, 0.1) is 0 Å². The van der Waals surface area contributed by atoms with E-state index in [0.717, 1.165) is 54.1 Å². The Morgan fingerprint density at radius 1 is 1.00 bits per heavy atom. The van der Waals surface area contributed by atoms with Crippen LogP contribution in [0.4, 0.5) is 5.69 Å². The number of piperazine rings is 1. The summed E-state index contributed by atoms with van der Waals surface area (Å²) in [5.41, 5.74) is 3.25. The smallest absolute Gasteiger partial charge is 0.173 e. The molecule has 1 aliphatic heterocycles. The van der Waals surface area contributed by atoms with Crippen molar-refractivity contribution >= 4 is 50.5 Å². The standard InChI is InChI=1S/C22H23BrClN5S/c23-20-7-3-1-5-17(20)14-27-9-11-28(12-10-27)22(30)26-19-13-25-29(16-19)15-18-6-2-4-8-21(18)24/h1-8,13,16H,9-12,14-15H2,(H,26,30). The van der Waals surface area contributed by atoms with E-state index in [0.29, 0.717) is 6.54 Å². The summed E-state index contributed by atoms with van der Waals surface area (Å²) < 4.78 is 3.03. The lowest BCUT2D eigenvalue weighted by molar-refractivity contribution is 0.176. The molecule has 4 rings (SSSR count). The predicted octanol–water partition coefficient (Wildman–Crippen LogP) is 4.86. The summed E-state index contributed by atoms with van der Waals surface area (Å²) in [4.78, 5) is 4.68. The number of benzene rings is 2. The second-order valence-electron chi connectivity index (χ2n) is 7.30. The quantitative estimate of drug-likeness (QED) is 0.502. The fraction of sp³-hybridized carbons (Fsp3) is 0.273. The first-order valence-electron chi connectivity index (χ1n) is 9.86. The topological polar surface area (TPSA) is 36.3 Å². The molecule has 0 spiro atoms. The number of nitrogens with zero attached hydrogens (tertiary/aromatic N) is 4. The van der Waals surface area contributed by atoms with Crippen LogP contribution in [-0.2, 0) is 13.1 Å². The van der Waals surface area contributed by atoms with Gasteiger partial charge in [-0.1, -0.05) is 63.9 Å². The molecule has 0 aliphatic carbocycles. The minimum absolute atomic E-state index is 0.627. The van der Waals surface area contributed by atoms with Gasteiger partial charge >= 0.3 is 0 Å². The molecule has 8 heteroatoms. The molecule has 5 nitrogen and oxygen atoms in total. The normalized spacial score (nSPS) is 14.7. The van der Waals surface area contributed by atoms with E-state index in [-0.39, 0.29) is 0 Å². The zero-order chi connectivity index (χ0) is 20.9. The second-order valence-corrected chi connectivity index (χ2v) is 8.95. The van der Waals surface area contributed by atoms with Gasteiger partial charge in [0.25, 0.3) is 0 Å². The van der Waals surface area contributed by atoms with Crippen LogP contribution in [0.1, 0.15) is 11.1 Å². The van der Waals surface area contributed by atoms with Gasteiger partial charge in [-0.05, 0) is 35.5 Å². The Hall–Kier alpha value is -1.93. The van der Waals surface area contributed by atoms with Crippen LogP contribution in [0.25, 0.3) is 0 Å². The summed E-state index contributed by atoms with van der Waals surface area (Å²) in [6, 6.07) is 16.2. The number of hydrogen-bond acceptors (Lipinski definition) is 3. The summed E-state index contributed by atoms with van der Waals surface area (Å²) in [6.07, 6.45) is 3.76. The maximum absolute atomic E-state index is 6.25. The molecule has 0 unspecified atom stereocenters. The van der Waals surface area contributed by atoms with Gasteiger partial charge < -0.3 is 10.2 Å². The zero-order valence-electron chi connectivity index (χ0n) is 16.5. The van der Waals surface area contributed by atoms with E-state index < -0.39 is 0 Å². The van der Waals surface area contributed by atoms with E-state index in [9.17, 15) is 0 Å². The Morgan fingerprint density at radius 2 is 1.70 bits per heavy atom. The van der Waals surface area contributed by atoms with Gasteiger partial charge in [-0.3, -0.25) is 9.58 Å².